The van der Waals surface area contributed by atoms with Crippen LogP contribution in [0, 0.1) is 0 Å². The van der Waals surface area contributed by atoms with Crippen molar-refractivity contribution in [1.29, 1.82) is 0 Å². The molecule has 0 atom stereocenters. The SMILES string of the molecule is CC1(C)C2=C(C=CCC2)c2ccc(-n3c4ccccc4c4ccc(-c5cccc(-c6nc(-c7cccc(-c8ccc9c%10ccccc%10n(-c%10ccc%11c(c%10)C(C)(C)c%10ccccc%10-%11)c9c8)c7)nc(-c7cccc(-c8ccc9c%10ccccc%10n(-c%10ccc%11c(c%10)C(C)(C)c%10ccccc%10-%11)c9c8)c7)n6)c5)cc43)cc21. The van der Waals surface area contributed by atoms with Crippen LogP contribution in [0.3, 0.4) is 0 Å². The van der Waals surface area contributed by atoms with Gasteiger partial charge in [0.15, 0.2) is 17.5 Å². The highest BCUT2D eigenvalue weighted by molar-refractivity contribution is 6.13. The van der Waals surface area contributed by atoms with Gasteiger partial charge in [-0.3, -0.25) is 0 Å². The first-order chi connectivity index (χ1) is 52.8. The summed E-state index contributed by atoms with van der Waals surface area (Å²) in [4.78, 5) is 16.6. The van der Waals surface area contributed by atoms with Crippen molar-refractivity contribution in [3.05, 3.63) is 354 Å². The van der Waals surface area contributed by atoms with Gasteiger partial charge in [-0.25, -0.2) is 15.0 Å². The monoisotopic (exact) mass is 1380 g/mol. The van der Waals surface area contributed by atoms with Gasteiger partial charge in [0.2, 0.25) is 0 Å². The molecule has 0 spiro atoms. The number of fused-ring (bicyclic) bond motifs is 17. The lowest BCUT2D eigenvalue weighted by Gasteiger charge is -2.26. The molecule has 0 fully saturated rings. The second-order valence-corrected chi connectivity index (χ2v) is 31.8. The zero-order valence-corrected chi connectivity index (χ0v) is 61.1. The molecule has 0 N–H and O–H groups in total. The van der Waals surface area contributed by atoms with Crippen LogP contribution in [0.5, 0.6) is 0 Å². The van der Waals surface area contributed by atoms with E-state index >= 15 is 0 Å². The maximum atomic E-state index is 5.53. The predicted octanol–water partition coefficient (Wildman–Crippen LogP) is 26.2. The minimum absolute atomic E-state index is 0.0561. The molecule has 0 unspecified atom stereocenters. The van der Waals surface area contributed by atoms with E-state index in [9.17, 15) is 0 Å². The van der Waals surface area contributed by atoms with Crippen molar-refractivity contribution in [2.24, 2.45) is 0 Å². The lowest BCUT2D eigenvalue weighted by Crippen LogP contribution is -2.18. The molecule has 22 rings (SSSR count). The van der Waals surface area contributed by atoms with Crippen LogP contribution in [0.25, 0.3) is 178 Å². The average Bonchev–Trinajstić information content (AvgIpc) is 1.57. The summed E-state index contributed by atoms with van der Waals surface area (Å²) in [6, 6.07) is 113. The summed E-state index contributed by atoms with van der Waals surface area (Å²) in [6.07, 6.45) is 6.89. The lowest BCUT2D eigenvalue weighted by atomic mass is 9.78. The fourth-order valence-electron chi connectivity index (χ4n) is 19.4. The van der Waals surface area contributed by atoms with Crippen molar-refractivity contribution in [3.8, 4) is 107 Å². The van der Waals surface area contributed by atoms with Crippen molar-refractivity contribution < 1.29 is 0 Å². The molecule has 4 aliphatic carbocycles. The highest BCUT2D eigenvalue weighted by Gasteiger charge is 2.40. The maximum Gasteiger partial charge on any atom is 0.164 e. The van der Waals surface area contributed by atoms with Crippen LogP contribution in [0.4, 0.5) is 0 Å². The Bertz CT molecular complexity index is 6750. The number of aromatic nitrogens is 6. The molecule has 0 bridgehead atoms. The van der Waals surface area contributed by atoms with Gasteiger partial charge in [0.05, 0.1) is 33.1 Å². The van der Waals surface area contributed by atoms with E-state index in [4.69, 9.17) is 15.0 Å². The van der Waals surface area contributed by atoms with Gasteiger partial charge in [0.1, 0.15) is 0 Å². The first kappa shape index (κ1) is 62.4. The van der Waals surface area contributed by atoms with E-state index in [-0.39, 0.29) is 16.2 Å². The zero-order chi connectivity index (χ0) is 72.1. The standard InChI is InChI=1S/C102H74N6/c1-100(2)85-34-13-7-28-73(85)76-49-43-70(58-88(76)100)106-91-37-16-10-31-79(91)82-46-40-64(55-94(82)106)61-22-19-25-67(52-61)97-103-98(68-26-20-23-62(53-68)65-41-47-83-80-32-11-17-38-92(80)107(95(83)56-65)71-44-50-77-74-29-8-14-35-86(74)101(3,4)89(77)59-71)105-99(104-97)69-27-21-24-63(54-69)66-42-48-84-81-33-12-18-39-93(81)108(96(84)57-66)72-45-51-78-75-30-9-15-36-87(75)102(5,6)90(78)60-72/h7-14,16-35,37-60H,15,36H2,1-6H3. The van der Waals surface area contributed by atoms with Gasteiger partial charge in [0, 0.05) is 82.3 Å². The largest absolute Gasteiger partial charge is 0.309 e. The number of hydrogen-bond donors (Lipinski definition) is 0. The van der Waals surface area contributed by atoms with Crippen LogP contribution in [0.2, 0.25) is 0 Å². The van der Waals surface area contributed by atoms with Crippen molar-refractivity contribution in [2.45, 2.75) is 70.6 Å². The molecule has 4 aliphatic rings. The molecule has 18 aromatic rings. The van der Waals surface area contributed by atoms with E-state index in [1.807, 2.05) is 0 Å². The minimum atomic E-state index is -0.142. The fourth-order valence-corrected chi connectivity index (χ4v) is 19.4. The van der Waals surface area contributed by atoms with E-state index in [1.54, 1.807) is 5.57 Å². The molecule has 4 heterocycles. The Morgan fingerprint density at radius 3 is 0.981 bits per heavy atom. The van der Waals surface area contributed by atoms with E-state index in [0.29, 0.717) is 17.5 Å². The summed E-state index contributed by atoms with van der Waals surface area (Å²) in [5.74, 6) is 1.77. The highest BCUT2D eigenvalue weighted by Crippen LogP contribution is 2.54. The molecule has 0 saturated carbocycles. The van der Waals surface area contributed by atoms with Crippen molar-refractivity contribution in [1.82, 2.24) is 28.7 Å². The number of hydrogen-bond acceptors (Lipinski definition) is 3. The van der Waals surface area contributed by atoms with E-state index in [2.05, 4.69) is 371 Å². The Morgan fingerprint density at radius 1 is 0.250 bits per heavy atom. The predicted molar refractivity (Wildman–Crippen MR) is 449 cm³/mol. The number of benzene rings is 14. The summed E-state index contributed by atoms with van der Waals surface area (Å²) in [5, 5.41) is 7.31. The number of nitrogens with zero attached hydrogens (tertiary/aromatic N) is 6. The normalized spacial score (nSPS) is 14.8. The van der Waals surface area contributed by atoms with Crippen molar-refractivity contribution in [2.75, 3.05) is 0 Å². The van der Waals surface area contributed by atoms with Crippen molar-refractivity contribution in [3.63, 3.8) is 0 Å². The first-order valence-electron chi connectivity index (χ1n) is 38.0. The van der Waals surface area contributed by atoms with E-state index in [0.717, 1.165) is 90.8 Å². The van der Waals surface area contributed by atoms with Crippen LogP contribution in [0.15, 0.2) is 321 Å². The Kier molecular flexibility index (Phi) is 13.3. The Labute approximate surface area is 627 Å². The Hall–Kier alpha value is -13.0. The van der Waals surface area contributed by atoms with Gasteiger partial charge in [-0.1, -0.05) is 272 Å². The van der Waals surface area contributed by atoms with Gasteiger partial charge < -0.3 is 13.7 Å². The van der Waals surface area contributed by atoms with Crippen molar-refractivity contribution >= 4 is 71.0 Å². The average molecular weight is 1380 g/mol. The van der Waals surface area contributed by atoms with E-state index < -0.39 is 0 Å². The maximum absolute atomic E-state index is 5.53. The smallest absolute Gasteiger partial charge is 0.164 e. The van der Waals surface area contributed by atoms with Gasteiger partial charge in [-0.2, -0.15) is 0 Å². The minimum Gasteiger partial charge on any atom is -0.309 e. The molecule has 6 nitrogen and oxygen atoms in total. The molecule has 6 heteroatoms. The van der Waals surface area contributed by atoms with Crippen LogP contribution >= 0.6 is 0 Å². The third-order valence-electron chi connectivity index (χ3n) is 24.8. The molecule has 0 aliphatic heterocycles. The zero-order valence-electron chi connectivity index (χ0n) is 61.1. The number of rotatable bonds is 9. The summed E-state index contributed by atoms with van der Waals surface area (Å²) >= 11 is 0. The Morgan fingerprint density at radius 2 is 0.574 bits per heavy atom. The topological polar surface area (TPSA) is 53.5 Å². The summed E-state index contributed by atoms with van der Waals surface area (Å²) in [6.45, 7) is 14.3. The van der Waals surface area contributed by atoms with Gasteiger partial charge in [0.25, 0.3) is 0 Å². The van der Waals surface area contributed by atoms with Gasteiger partial charge >= 0.3 is 0 Å². The molecule has 4 aromatic heterocycles. The quantitative estimate of drug-likeness (QED) is 0.145. The summed E-state index contributed by atoms with van der Waals surface area (Å²) in [5.41, 5.74) is 35.7. The number of allylic oxidation sites excluding steroid dienone is 4. The molecular formula is C102H74N6. The van der Waals surface area contributed by atoms with Gasteiger partial charge in [-0.15, -0.1) is 0 Å². The third kappa shape index (κ3) is 9.16. The molecule has 0 amide bonds. The van der Waals surface area contributed by atoms with Crippen LogP contribution in [-0.4, -0.2) is 28.7 Å². The first-order valence-corrected chi connectivity index (χ1v) is 38.0. The van der Waals surface area contributed by atoms with Gasteiger partial charge in [-0.05, 0) is 198 Å². The highest BCUT2D eigenvalue weighted by atomic mass is 15.0. The molecule has 0 saturated heterocycles. The Balaban J connectivity index is 0.678. The summed E-state index contributed by atoms with van der Waals surface area (Å²) in [7, 11) is 0. The second-order valence-electron chi connectivity index (χ2n) is 31.8. The second kappa shape index (κ2) is 23.0. The molecule has 108 heavy (non-hydrogen) atoms. The van der Waals surface area contributed by atoms with E-state index in [1.165, 1.54) is 116 Å². The summed E-state index contributed by atoms with van der Waals surface area (Å²) < 4.78 is 7.40. The van der Waals surface area contributed by atoms with Crippen LogP contribution in [0.1, 0.15) is 87.8 Å². The molecular weight excluding hydrogens is 1310 g/mol. The molecule has 0 radical (unpaired) electrons. The number of para-hydroxylation sites is 3. The molecule has 14 aromatic carbocycles. The lowest BCUT2D eigenvalue weighted by molar-refractivity contribution is 0.607. The van der Waals surface area contributed by atoms with Crippen LogP contribution in [-0.2, 0) is 16.2 Å². The van der Waals surface area contributed by atoms with Crippen LogP contribution < -0.4 is 0 Å². The molecule has 512 valence electrons. The third-order valence-corrected chi connectivity index (χ3v) is 24.8. The fraction of sp³-hybridized carbons (Fsp3) is 0.108.